The van der Waals surface area contributed by atoms with E-state index in [1.165, 1.54) is 0 Å². The molecule has 5 rings (SSSR count). The maximum absolute atomic E-state index is 14.9. The van der Waals surface area contributed by atoms with E-state index < -0.39 is 16.1 Å². The summed E-state index contributed by atoms with van der Waals surface area (Å²) in [4.78, 5) is 14.9. The molecule has 4 aromatic carbocycles. The lowest BCUT2D eigenvalue weighted by Crippen LogP contribution is -2.43. The quantitative estimate of drug-likeness (QED) is 0.117. The Balaban J connectivity index is 1.70. The van der Waals surface area contributed by atoms with Crippen LogP contribution in [0.25, 0.3) is 22.3 Å². The van der Waals surface area contributed by atoms with Crippen molar-refractivity contribution in [2.45, 2.75) is 116 Å². The molecule has 0 fully saturated rings. The molecule has 0 amide bonds. The Labute approximate surface area is 329 Å². The third-order valence-corrected chi connectivity index (χ3v) is 24.8. The molecular weight excluding hydrogens is 685 g/mol. The van der Waals surface area contributed by atoms with Crippen molar-refractivity contribution in [1.82, 2.24) is 0 Å². The van der Waals surface area contributed by atoms with Crippen LogP contribution in [-0.2, 0) is 4.79 Å². The van der Waals surface area contributed by atoms with Crippen LogP contribution in [-0.4, -0.2) is 21.9 Å². The molecule has 3 heteroatoms. The molecule has 0 aromatic heterocycles. The first-order valence-electron chi connectivity index (χ1n) is 20.1. The van der Waals surface area contributed by atoms with E-state index in [4.69, 9.17) is 0 Å². The molecule has 1 nitrogen and oxygen atoms in total. The number of hydrogen-bond acceptors (Lipinski definition) is 1. The van der Waals surface area contributed by atoms with Gasteiger partial charge >= 0.3 is 0 Å². The lowest BCUT2D eigenvalue weighted by Gasteiger charge is -2.38. The zero-order valence-electron chi connectivity index (χ0n) is 34.8. The van der Waals surface area contributed by atoms with E-state index in [1.54, 1.807) is 0 Å². The van der Waals surface area contributed by atoms with Gasteiger partial charge in [0.15, 0.2) is 5.78 Å². The van der Waals surface area contributed by atoms with Crippen LogP contribution in [0.15, 0.2) is 109 Å². The lowest BCUT2D eigenvalue weighted by molar-refractivity contribution is -0.108. The highest BCUT2D eigenvalue weighted by Crippen LogP contribution is 2.50. The van der Waals surface area contributed by atoms with Gasteiger partial charge < -0.3 is 0 Å². The zero-order valence-corrected chi connectivity index (χ0v) is 36.8. The number of rotatable bonds is 10. The minimum atomic E-state index is -1.88. The van der Waals surface area contributed by atoms with Gasteiger partial charge in [0.1, 0.15) is 16.1 Å². The first kappa shape index (κ1) is 40.8. The minimum absolute atomic E-state index is 0.0494. The van der Waals surface area contributed by atoms with Gasteiger partial charge in [-0.15, -0.1) is 11.1 Å². The number of carbonyl (C=O) groups is 1. The van der Waals surface area contributed by atoms with Crippen LogP contribution in [0.3, 0.4) is 0 Å². The number of Topliss-reactive ketones (excluding diaryl/α,β-unsaturated/α-hetero) is 1. The summed E-state index contributed by atoms with van der Waals surface area (Å²) in [6.45, 7) is 28.3. The predicted molar refractivity (Wildman–Crippen MR) is 240 cm³/mol. The normalized spacial score (nSPS) is 13.8. The van der Waals surface area contributed by atoms with Crippen molar-refractivity contribution < 1.29 is 4.79 Å². The molecule has 278 valence electrons. The highest BCUT2D eigenvalue weighted by Gasteiger charge is 2.43. The van der Waals surface area contributed by atoms with Crippen molar-refractivity contribution in [3.05, 3.63) is 143 Å². The average molecular weight is 745 g/mol. The number of hydrogen-bond donors (Lipinski definition) is 0. The highest BCUT2D eigenvalue weighted by molar-refractivity contribution is 6.91. The largest absolute Gasteiger partial charge is 0.289 e. The maximum Gasteiger partial charge on any atom is 0.195 e. The Morgan fingerprint density at radius 2 is 0.611 bits per heavy atom. The second-order valence-electron chi connectivity index (χ2n) is 17.0. The van der Waals surface area contributed by atoms with Crippen LogP contribution in [0, 0.1) is 22.9 Å². The van der Waals surface area contributed by atoms with Crippen molar-refractivity contribution in [1.29, 1.82) is 0 Å². The fourth-order valence-electron chi connectivity index (χ4n) is 9.61. The molecule has 0 saturated heterocycles. The van der Waals surface area contributed by atoms with Crippen molar-refractivity contribution in [3.8, 4) is 22.9 Å². The topological polar surface area (TPSA) is 17.1 Å². The first-order chi connectivity index (χ1) is 25.7. The second kappa shape index (κ2) is 16.9. The Morgan fingerprint density at radius 1 is 0.352 bits per heavy atom. The van der Waals surface area contributed by atoms with Crippen LogP contribution >= 0.6 is 0 Å². The number of allylic oxidation sites excluding steroid dienone is 4. The van der Waals surface area contributed by atoms with Crippen LogP contribution in [0.4, 0.5) is 0 Å². The molecule has 4 aromatic rings. The van der Waals surface area contributed by atoms with E-state index in [9.17, 15) is 4.79 Å². The number of carbonyl (C=O) groups excluding carboxylic acids is 1. The summed E-state index contributed by atoms with van der Waals surface area (Å²) >= 11 is 0. The summed E-state index contributed by atoms with van der Waals surface area (Å²) in [5.74, 6) is 7.31. The Morgan fingerprint density at radius 3 is 0.870 bits per heavy atom. The van der Waals surface area contributed by atoms with Gasteiger partial charge in [-0.05, 0) is 79.8 Å². The van der Waals surface area contributed by atoms with Crippen LogP contribution in [0.5, 0.6) is 0 Å². The number of benzene rings is 4. The van der Waals surface area contributed by atoms with E-state index in [0.29, 0.717) is 33.2 Å². The van der Waals surface area contributed by atoms with Crippen molar-refractivity contribution in [3.63, 3.8) is 0 Å². The zero-order chi connectivity index (χ0) is 39.4. The van der Waals surface area contributed by atoms with Crippen LogP contribution in [0.1, 0.15) is 116 Å². The van der Waals surface area contributed by atoms with E-state index in [2.05, 4.69) is 179 Å². The molecule has 0 unspecified atom stereocenters. The monoisotopic (exact) mass is 744 g/mol. The molecule has 0 aliphatic heterocycles. The molecule has 0 radical (unpaired) electrons. The molecule has 0 spiro atoms. The summed E-state index contributed by atoms with van der Waals surface area (Å²) in [6.07, 6.45) is 0. The predicted octanol–water partition coefficient (Wildman–Crippen LogP) is 13.9. The third-order valence-electron chi connectivity index (χ3n) is 12.3. The van der Waals surface area contributed by atoms with Gasteiger partial charge in [-0.1, -0.05) is 180 Å². The molecule has 1 aliphatic carbocycles. The van der Waals surface area contributed by atoms with Crippen LogP contribution < -0.4 is 0 Å². The lowest BCUT2D eigenvalue weighted by atomic mass is 9.88. The molecule has 0 saturated carbocycles. The summed E-state index contributed by atoms with van der Waals surface area (Å²) in [5, 5.41) is 0. The smallest absolute Gasteiger partial charge is 0.195 e. The average Bonchev–Trinajstić information content (AvgIpc) is 3.45. The molecule has 0 heterocycles. The van der Waals surface area contributed by atoms with Gasteiger partial charge in [0, 0.05) is 33.4 Å². The molecule has 54 heavy (non-hydrogen) atoms. The van der Waals surface area contributed by atoms with Gasteiger partial charge in [-0.2, -0.15) is 0 Å². The van der Waals surface area contributed by atoms with Crippen LogP contribution in [0.2, 0.25) is 33.2 Å². The standard InChI is InChI=1S/C51H60OSi2/c1-35(2)53(36(3)4,37(5)6)33-31-41-23-27-45(28-24-41)47-48(46-29-25-42(26-30-46)32-34-54(38(7)8,39(9)10)40(11)12)50(44-21-17-14-18-22-44)51(52)49(47)43-19-15-13-16-20-43/h13-30,35-40H,1-12H3. The van der Waals surface area contributed by atoms with Gasteiger partial charge in [0.05, 0.1) is 0 Å². The van der Waals surface area contributed by atoms with Gasteiger partial charge in [-0.25, -0.2) is 0 Å². The fourth-order valence-corrected chi connectivity index (χ4v) is 20.1. The summed E-state index contributed by atoms with van der Waals surface area (Å²) in [7, 11) is -3.77. The molecule has 0 atom stereocenters. The van der Waals surface area contributed by atoms with E-state index in [1.807, 2.05) is 36.4 Å². The maximum atomic E-state index is 14.9. The highest BCUT2D eigenvalue weighted by atomic mass is 28.3. The number of ketones is 1. The SMILES string of the molecule is CC(C)[Si](C#Cc1ccc(C2=C(c3ccccc3)C(=O)C(c3ccccc3)=C2c2ccc(C#C[Si](C(C)C)(C(C)C)C(C)C)cc2)cc1)(C(C)C)C(C)C. The Hall–Kier alpha value is -4.42. The van der Waals surface area contributed by atoms with E-state index in [0.717, 1.165) is 55.7 Å². The van der Waals surface area contributed by atoms with E-state index in [-0.39, 0.29) is 5.78 Å². The van der Waals surface area contributed by atoms with Crippen molar-refractivity contribution in [2.24, 2.45) is 0 Å². The molecule has 0 N–H and O–H groups in total. The van der Waals surface area contributed by atoms with Crippen molar-refractivity contribution >= 4 is 44.2 Å². The van der Waals surface area contributed by atoms with E-state index >= 15 is 0 Å². The molecular formula is C51H60OSi2. The van der Waals surface area contributed by atoms with Crippen molar-refractivity contribution in [2.75, 3.05) is 0 Å². The Kier molecular flexibility index (Phi) is 12.8. The molecule has 1 aliphatic rings. The third kappa shape index (κ3) is 7.73. The summed E-state index contributed by atoms with van der Waals surface area (Å²) in [5.41, 5.74) is 20.5. The van der Waals surface area contributed by atoms with Gasteiger partial charge in [-0.3, -0.25) is 4.79 Å². The minimum Gasteiger partial charge on any atom is -0.289 e. The van der Waals surface area contributed by atoms with Gasteiger partial charge in [0.25, 0.3) is 0 Å². The Bertz CT molecular complexity index is 1920. The molecule has 0 bridgehead atoms. The summed E-state index contributed by atoms with van der Waals surface area (Å²) in [6, 6.07) is 37.6. The first-order valence-corrected chi connectivity index (χ1v) is 24.5. The second-order valence-corrected chi connectivity index (χ2v) is 28.2. The summed E-state index contributed by atoms with van der Waals surface area (Å²) < 4.78 is 0. The fraction of sp³-hybridized carbons (Fsp3) is 0.353. The van der Waals surface area contributed by atoms with Gasteiger partial charge in [0.2, 0.25) is 0 Å².